The minimum atomic E-state index is -1.26. The van der Waals surface area contributed by atoms with E-state index in [-0.39, 0.29) is 17.9 Å². The number of ether oxygens (including phenoxy) is 1. The van der Waals surface area contributed by atoms with Gasteiger partial charge in [0.1, 0.15) is 6.61 Å². The molecule has 0 heterocycles. The number of carbonyl (C=O) groups is 1. The fourth-order valence-corrected chi connectivity index (χ4v) is 1.17. The van der Waals surface area contributed by atoms with E-state index in [1.807, 2.05) is 0 Å². The predicted molar refractivity (Wildman–Crippen MR) is 61.8 cm³/mol. The fourth-order valence-electron chi connectivity index (χ4n) is 1.17. The van der Waals surface area contributed by atoms with Crippen molar-refractivity contribution in [2.45, 2.75) is 19.4 Å². The molecule has 2 N–H and O–H groups in total. The maximum Gasteiger partial charge on any atom is 0.335 e. The Balaban J connectivity index is 3.05. The quantitative estimate of drug-likeness (QED) is 0.608. The zero-order valence-corrected chi connectivity index (χ0v) is 9.91. The third kappa shape index (κ3) is 3.70. The van der Waals surface area contributed by atoms with Gasteiger partial charge in [-0.15, -0.1) is 0 Å². The lowest BCUT2D eigenvalue weighted by Crippen LogP contribution is -2.28. The number of nitrogens with zero attached hydrogens (tertiary/aromatic N) is 1. The molecule has 0 aliphatic heterocycles. The van der Waals surface area contributed by atoms with Crippen LogP contribution in [0.1, 0.15) is 24.2 Å². The average molecular weight is 255 g/mol. The molecule has 1 aromatic carbocycles. The van der Waals surface area contributed by atoms with Crippen molar-refractivity contribution in [3.63, 3.8) is 0 Å². The Morgan fingerprint density at radius 2 is 2.11 bits per heavy atom. The number of hydrogen-bond acceptors (Lipinski definition) is 5. The maximum absolute atomic E-state index is 10.8. The minimum absolute atomic E-state index is 0.0767. The Labute approximate surface area is 103 Å². The molecule has 18 heavy (non-hydrogen) atoms. The Morgan fingerprint density at radius 1 is 1.50 bits per heavy atom. The first kappa shape index (κ1) is 13.9. The zero-order valence-electron chi connectivity index (χ0n) is 9.91. The van der Waals surface area contributed by atoms with E-state index in [1.54, 1.807) is 0 Å². The van der Waals surface area contributed by atoms with Crippen LogP contribution in [0.2, 0.25) is 0 Å². The van der Waals surface area contributed by atoms with E-state index in [2.05, 4.69) is 0 Å². The van der Waals surface area contributed by atoms with Crippen molar-refractivity contribution in [2.75, 3.05) is 6.61 Å². The molecular weight excluding hydrogens is 242 g/mol. The predicted octanol–water partition coefficient (Wildman–Crippen LogP) is 1.44. The highest BCUT2D eigenvalue weighted by Crippen LogP contribution is 2.28. The van der Waals surface area contributed by atoms with Crippen LogP contribution < -0.4 is 4.74 Å². The van der Waals surface area contributed by atoms with Gasteiger partial charge in [0, 0.05) is 6.07 Å². The molecule has 1 rings (SSSR count). The van der Waals surface area contributed by atoms with Crippen LogP contribution in [0.15, 0.2) is 18.2 Å². The maximum atomic E-state index is 10.8. The second-order valence-corrected chi connectivity index (χ2v) is 4.35. The van der Waals surface area contributed by atoms with Crippen molar-refractivity contribution in [3.8, 4) is 5.75 Å². The summed E-state index contributed by atoms with van der Waals surface area (Å²) in [5.41, 5.74) is -1.78. The summed E-state index contributed by atoms with van der Waals surface area (Å²) in [5, 5.41) is 29.0. The summed E-state index contributed by atoms with van der Waals surface area (Å²) in [4.78, 5) is 20.8. The van der Waals surface area contributed by atoms with Gasteiger partial charge in [0.2, 0.25) is 0 Å². The topological polar surface area (TPSA) is 110 Å². The molecule has 7 heteroatoms. The summed E-state index contributed by atoms with van der Waals surface area (Å²) in [6.45, 7) is 2.84. The highest BCUT2D eigenvalue weighted by atomic mass is 16.6. The zero-order chi connectivity index (χ0) is 13.9. The molecule has 0 saturated heterocycles. The van der Waals surface area contributed by atoms with E-state index >= 15 is 0 Å². The molecule has 0 saturated carbocycles. The van der Waals surface area contributed by atoms with E-state index in [9.17, 15) is 20.0 Å². The third-order valence-electron chi connectivity index (χ3n) is 1.98. The van der Waals surface area contributed by atoms with E-state index < -0.39 is 22.2 Å². The van der Waals surface area contributed by atoms with E-state index in [1.165, 1.54) is 26.0 Å². The molecule has 7 nitrogen and oxygen atoms in total. The first-order valence-electron chi connectivity index (χ1n) is 5.07. The van der Waals surface area contributed by atoms with Crippen LogP contribution in [0.3, 0.4) is 0 Å². The minimum Gasteiger partial charge on any atom is -0.484 e. The SMILES string of the molecule is CC(C)(O)COc1ccc(C(=O)O)cc1[N+](=O)[O-]. The van der Waals surface area contributed by atoms with Gasteiger partial charge < -0.3 is 14.9 Å². The van der Waals surface area contributed by atoms with Crippen LogP contribution in [0.25, 0.3) is 0 Å². The highest BCUT2D eigenvalue weighted by Gasteiger charge is 2.21. The van der Waals surface area contributed by atoms with Gasteiger partial charge in [0.15, 0.2) is 5.75 Å². The molecule has 0 atom stereocenters. The standard InChI is InChI=1S/C11H13NO6/c1-11(2,15)6-18-9-4-3-7(10(13)14)5-8(9)12(16)17/h3-5,15H,6H2,1-2H3,(H,13,14). The number of aliphatic hydroxyl groups is 1. The van der Waals surface area contributed by atoms with Crippen molar-refractivity contribution in [2.24, 2.45) is 0 Å². The molecule has 0 bridgehead atoms. The Hall–Kier alpha value is -2.15. The molecular formula is C11H13NO6. The molecule has 0 aliphatic carbocycles. The number of carboxylic acids is 1. The summed E-state index contributed by atoms with van der Waals surface area (Å²) in [7, 11) is 0. The molecule has 0 aromatic heterocycles. The number of nitro benzene ring substituents is 1. The molecule has 0 spiro atoms. The Morgan fingerprint density at radius 3 is 2.56 bits per heavy atom. The molecule has 1 aromatic rings. The largest absolute Gasteiger partial charge is 0.484 e. The number of hydrogen-bond donors (Lipinski definition) is 2. The molecule has 0 radical (unpaired) electrons. The molecule has 0 aliphatic rings. The van der Waals surface area contributed by atoms with Crippen molar-refractivity contribution in [1.82, 2.24) is 0 Å². The first-order valence-corrected chi connectivity index (χ1v) is 5.07. The second kappa shape index (κ2) is 5.01. The van der Waals surface area contributed by atoms with E-state index in [4.69, 9.17) is 9.84 Å². The summed E-state index contributed by atoms with van der Waals surface area (Å²) < 4.78 is 5.11. The number of carboxylic acid groups (broad SMARTS) is 1. The van der Waals surface area contributed by atoms with Crippen LogP contribution in [-0.2, 0) is 0 Å². The average Bonchev–Trinajstić information content (AvgIpc) is 2.24. The highest BCUT2D eigenvalue weighted by molar-refractivity contribution is 5.88. The lowest BCUT2D eigenvalue weighted by molar-refractivity contribution is -0.386. The third-order valence-corrected chi connectivity index (χ3v) is 1.98. The summed E-state index contributed by atoms with van der Waals surface area (Å²) in [5.74, 6) is -1.33. The summed E-state index contributed by atoms with van der Waals surface area (Å²) in [6, 6.07) is 3.32. The van der Waals surface area contributed by atoms with Crippen molar-refractivity contribution < 1.29 is 24.7 Å². The molecule has 0 fully saturated rings. The van der Waals surface area contributed by atoms with Gasteiger partial charge in [0.05, 0.1) is 16.1 Å². The molecule has 98 valence electrons. The monoisotopic (exact) mass is 255 g/mol. The fraction of sp³-hybridized carbons (Fsp3) is 0.364. The van der Waals surface area contributed by atoms with Crippen LogP contribution in [0.5, 0.6) is 5.75 Å². The van der Waals surface area contributed by atoms with Crippen molar-refractivity contribution >= 4 is 11.7 Å². The van der Waals surface area contributed by atoms with Gasteiger partial charge in [-0.05, 0) is 26.0 Å². The van der Waals surface area contributed by atoms with Gasteiger partial charge in [-0.2, -0.15) is 0 Å². The lowest BCUT2D eigenvalue weighted by Gasteiger charge is -2.17. The van der Waals surface area contributed by atoms with Gasteiger partial charge in [0.25, 0.3) is 0 Å². The van der Waals surface area contributed by atoms with Crippen LogP contribution >= 0.6 is 0 Å². The molecule has 0 unspecified atom stereocenters. The normalized spacial score (nSPS) is 11.1. The van der Waals surface area contributed by atoms with Gasteiger partial charge in [-0.1, -0.05) is 0 Å². The smallest absolute Gasteiger partial charge is 0.335 e. The van der Waals surface area contributed by atoms with Gasteiger partial charge in [-0.25, -0.2) is 4.79 Å². The molecule has 0 amide bonds. The van der Waals surface area contributed by atoms with Crippen molar-refractivity contribution in [1.29, 1.82) is 0 Å². The van der Waals surface area contributed by atoms with Crippen LogP contribution in [0, 0.1) is 10.1 Å². The van der Waals surface area contributed by atoms with Gasteiger partial charge in [-0.3, -0.25) is 10.1 Å². The Bertz CT molecular complexity index is 477. The van der Waals surface area contributed by atoms with E-state index in [0.29, 0.717) is 0 Å². The van der Waals surface area contributed by atoms with E-state index in [0.717, 1.165) is 6.07 Å². The Kier molecular flexibility index (Phi) is 3.87. The number of nitro groups is 1. The van der Waals surface area contributed by atoms with Crippen molar-refractivity contribution in [3.05, 3.63) is 33.9 Å². The number of rotatable bonds is 5. The first-order chi connectivity index (χ1) is 8.20. The van der Waals surface area contributed by atoms with Gasteiger partial charge >= 0.3 is 11.7 Å². The van der Waals surface area contributed by atoms with Crippen LogP contribution in [-0.4, -0.2) is 33.3 Å². The lowest BCUT2D eigenvalue weighted by atomic mass is 10.1. The summed E-state index contributed by atoms with van der Waals surface area (Å²) >= 11 is 0. The second-order valence-electron chi connectivity index (χ2n) is 4.35. The summed E-state index contributed by atoms with van der Waals surface area (Å²) in [6.07, 6.45) is 0. The number of aromatic carboxylic acids is 1. The van der Waals surface area contributed by atoms with Crippen LogP contribution in [0.4, 0.5) is 5.69 Å². The number of benzene rings is 1.